The number of carbonyl (C=O) groups excluding carboxylic acids is 1. The van der Waals surface area contributed by atoms with Gasteiger partial charge >= 0.3 is 0 Å². The van der Waals surface area contributed by atoms with Gasteiger partial charge in [-0.25, -0.2) is 0 Å². The maximum absolute atomic E-state index is 11.7. The van der Waals surface area contributed by atoms with E-state index < -0.39 is 0 Å². The van der Waals surface area contributed by atoms with Gasteiger partial charge in [0.2, 0.25) is 5.91 Å². The Morgan fingerprint density at radius 1 is 1.58 bits per heavy atom. The Kier molecular flexibility index (Phi) is 4.39. The molecule has 0 spiro atoms. The van der Waals surface area contributed by atoms with E-state index in [4.69, 9.17) is 11.6 Å². The minimum atomic E-state index is -0.136. The van der Waals surface area contributed by atoms with Crippen LogP contribution in [0.25, 0.3) is 6.08 Å². The van der Waals surface area contributed by atoms with E-state index in [-0.39, 0.29) is 5.91 Å². The highest BCUT2D eigenvalue weighted by molar-refractivity contribution is 7.17. The van der Waals surface area contributed by atoms with Crippen LogP contribution in [0, 0.1) is 6.92 Å². The van der Waals surface area contributed by atoms with Crippen molar-refractivity contribution < 1.29 is 4.79 Å². The number of nitrogens with zero attached hydrogens (tertiary/aromatic N) is 2. The number of carbonyl (C=O) groups is 1. The normalized spacial score (nSPS) is 11.1. The SMILES string of the molecule is Cc1cc(CNC(=O)/C=C/c2ccc(Cl)s2)n(C)n1. The Bertz CT molecular complexity index is 615. The molecule has 19 heavy (non-hydrogen) atoms. The van der Waals surface area contributed by atoms with Gasteiger partial charge in [0.05, 0.1) is 22.3 Å². The quantitative estimate of drug-likeness (QED) is 0.882. The van der Waals surface area contributed by atoms with Gasteiger partial charge in [-0.2, -0.15) is 5.10 Å². The number of aryl methyl sites for hydroxylation is 2. The lowest BCUT2D eigenvalue weighted by Crippen LogP contribution is -2.21. The van der Waals surface area contributed by atoms with Crippen LogP contribution in [0.1, 0.15) is 16.3 Å². The molecule has 0 unspecified atom stereocenters. The average Bonchev–Trinajstić information content (AvgIpc) is 2.90. The standard InChI is InChI=1S/C13H14ClN3OS/c1-9-7-10(17(2)16-9)8-15-13(18)6-4-11-3-5-12(14)19-11/h3-7H,8H2,1-2H3,(H,15,18)/b6-4+. The van der Waals surface area contributed by atoms with Crippen LogP contribution in [0.4, 0.5) is 0 Å². The first-order chi connectivity index (χ1) is 9.04. The van der Waals surface area contributed by atoms with E-state index in [0.29, 0.717) is 10.9 Å². The molecule has 4 nitrogen and oxygen atoms in total. The van der Waals surface area contributed by atoms with Crippen molar-refractivity contribution in [1.82, 2.24) is 15.1 Å². The van der Waals surface area contributed by atoms with E-state index in [1.54, 1.807) is 10.8 Å². The molecule has 0 atom stereocenters. The van der Waals surface area contributed by atoms with Gasteiger partial charge in [-0.15, -0.1) is 11.3 Å². The number of thiophene rings is 1. The lowest BCUT2D eigenvalue weighted by Gasteiger charge is -2.02. The summed E-state index contributed by atoms with van der Waals surface area (Å²) >= 11 is 7.25. The number of nitrogens with one attached hydrogen (secondary N) is 1. The molecule has 0 saturated heterocycles. The summed E-state index contributed by atoms with van der Waals surface area (Å²) in [5.74, 6) is -0.136. The van der Waals surface area contributed by atoms with Crippen molar-refractivity contribution in [1.29, 1.82) is 0 Å². The molecular formula is C13H14ClN3OS. The summed E-state index contributed by atoms with van der Waals surface area (Å²) in [4.78, 5) is 12.6. The van der Waals surface area contributed by atoms with Crippen molar-refractivity contribution in [3.8, 4) is 0 Å². The predicted molar refractivity (Wildman–Crippen MR) is 78.2 cm³/mol. The lowest BCUT2D eigenvalue weighted by atomic mass is 10.3. The minimum absolute atomic E-state index is 0.136. The van der Waals surface area contributed by atoms with E-state index in [9.17, 15) is 4.79 Å². The van der Waals surface area contributed by atoms with Crippen molar-refractivity contribution in [2.24, 2.45) is 7.05 Å². The van der Waals surface area contributed by atoms with Gasteiger partial charge in [0.15, 0.2) is 0 Å². The molecule has 0 aromatic carbocycles. The first-order valence-corrected chi connectivity index (χ1v) is 6.95. The molecule has 2 rings (SSSR count). The van der Waals surface area contributed by atoms with Crippen LogP contribution in [0.5, 0.6) is 0 Å². The lowest BCUT2D eigenvalue weighted by molar-refractivity contribution is -0.116. The first-order valence-electron chi connectivity index (χ1n) is 5.75. The molecule has 2 aromatic rings. The van der Waals surface area contributed by atoms with E-state index in [1.165, 1.54) is 17.4 Å². The molecule has 0 fully saturated rings. The second-order valence-electron chi connectivity index (χ2n) is 4.09. The summed E-state index contributed by atoms with van der Waals surface area (Å²) in [5, 5.41) is 7.03. The monoisotopic (exact) mass is 295 g/mol. The number of hydrogen-bond donors (Lipinski definition) is 1. The van der Waals surface area contributed by atoms with Gasteiger partial charge in [-0.1, -0.05) is 11.6 Å². The smallest absolute Gasteiger partial charge is 0.244 e. The highest BCUT2D eigenvalue weighted by atomic mass is 35.5. The Morgan fingerprint density at radius 2 is 2.37 bits per heavy atom. The zero-order valence-corrected chi connectivity index (χ0v) is 12.3. The fourth-order valence-electron chi connectivity index (χ4n) is 1.64. The van der Waals surface area contributed by atoms with Crippen LogP contribution >= 0.6 is 22.9 Å². The van der Waals surface area contributed by atoms with Crippen LogP contribution in [0.15, 0.2) is 24.3 Å². The predicted octanol–water partition coefficient (Wildman–Crippen LogP) is 2.77. The highest BCUT2D eigenvalue weighted by Crippen LogP contribution is 2.22. The van der Waals surface area contributed by atoms with Gasteiger partial charge in [0, 0.05) is 18.0 Å². The number of hydrogen-bond acceptors (Lipinski definition) is 3. The first kappa shape index (κ1) is 13.8. The average molecular weight is 296 g/mol. The van der Waals surface area contributed by atoms with Crippen LogP contribution in [0.3, 0.4) is 0 Å². The molecule has 0 bridgehead atoms. The maximum Gasteiger partial charge on any atom is 0.244 e. The van der Waals surface area contributed by atoms with Crippen LogP contribution in [-0.2, 0) is 18.4 Å². The Hall–Kier alpha value is -1.59. The van der Waals surface area contributed by atoms with Gasteiger partial charge in [-0.05, 0) is 31.2 Å². The Labute approximate surface area is 120 Å². The van der Waals surface area contributed by atoms with Crippen molar-refractivity contribution in [3.05, 3.63) is 44.9 Å². The van der Waals surface area contributed by atoms with Gasteiger partial charge in [-0.3, -0.25) is 9.48 Å². The summed E-state index contributed by atoms with van der Waals surface area (Å²) in [6.07, 6.45) is 3.26. The second kappa shape index (κ2) is 6.04. The van der Waals surface area contributed by atoms with Gasteiger partial charge in [0.1, 0.15) is 0 Å². The zero-order valence-electron chi connectivity index (χ0n) is 10.7. The number of amides is 1. The number of rotatable bonds is 4. The molecule has 2 aromatic heterocycles. The van der Waals surface area contributed by atoms with E-state index in [0.717, 1.165) is 16.3 Å². The summed E-state index contributed by atoms with van der Waals surface area (Å²) in [7, 11) is 1.86. The van der Waals surface area contributed by atoms with Gasteiger partial charge in [0.25, 0.3) is 0 Å². The summed E-state index contributed by atoms with van der Waals surface area (Å²) in [6.45, 7) is 2.39. The third kappa shape index (κ3) is 3.94. The Morgan fingerprint density at radius 3 is 2.95 bits per heavy atom. The summed E-state index contributed by atoms with van der Waals surface area (Å²) < 4.78 is 2.48. The largest absolute Gasteiger partial charge is 0.347 e. The highest BCUT2D eigenvalue weighted by Gasteiger charge is 2.03. The summed E-state index contributed by atoms with van der Waals surface area (Å²) in [5.41, 5.74) is 1.91. The summed E-state index contributed by atoms with van der Waals surface area (Å²) in [6, 6.07) is 5.63. The van der Waals surface area contributed by atoms with Crippen LogP contribution in [-0.4, -0.2) is 15.7 Å². The molecule has 0 aliphatic heterocycles. The number of halogens is 1. The maximum atomic E-state index is 11.7. The van der Waals surface area contributed by atoms with Gasteiger partial charge < -0.3 is 5.32 Å². The van der Waals surface area contributed by atoms with Crippen LogP contribution < -0.4 is 5.32 Å². The fourth-order valence-corrected chi connectivity index (χ4v) is 2.61. The fraction of sp³-hybridized carbons (Fsp3) is 0.231. The molecule has 0 saturated carbocycles. The van der Waals surface area contributed by atoms with E-state index >= 15 is 0 Å². The molecule has 0 aliphatic carbocycles. The molecule has 100 valence electrons. The Balaban J connectivity index is 1.88. The molecule has 1 amide bonds. The molecule has 2 heterocycles. The topological polar surface area (TPSA) is 46.9 Å². The zero-order chi connectivity index (χ0) is 13.8. The second-order valence-corrected chi connectivity index (χ2v) is 5.84. The molecule has 0 radical (unpaired) electrons. The van der Waals surface area contributed by atoms with E-state index in [2.05, 4.69) is 10.4 Å². The third-order valence-electron chi connectivity index (χ3n) is 2.54. The van der Waals surface area contributed by atoms with Crippen molar-refractivity contribution >= 4 is 34.9 Å². The minimum Gasteiger partial charge on any atom is -0.347 e. The van der Waals surface area contributed by atoms with Crippen molar-refractivity contribution in [3.63, 3.8) is 0 Å². The molecule has 0 aliphatic rings. The third-order valence-corrected chi connectivity index (χ3v) is 3.73. The molecule has 6 heteroatoms. The van der Waals surface area contributed by atoms with Crippen LogP contribution in [0.2, 0.25) is 4.34 Å². The molecule has 1 N–H and O–H groups in total. The number of aromatic nitrogens is 2. The van der Waals surface area contributed by atoms with E-state index in [1.807, 2.05) is 32.2 Å². The molecular weight excluding hydrogens is 282 g/mol. The van der Waals surface area contributed by atoms with Crippen molar-refractivity contribution in [2.45, 2.75) is 13.5 Å². The van der Waals surface area contributed by atoms with Crippen molar-refractivity contribution in [2.75, 3.05) is 0 Å².